The number of hydrogen-bond donors (Lipinski definition) is 1. The minimum absolute atomic E-state index is 0.624. The summed E-state index contributed by atoms with van der Waals surface area (Å²) in [7, 11) is 5.49. The van der Waals surface area contributed by atoms with Gasteiger partial charge in [-0.3, -0.25) is 4.90 Å². The monoisotopic (exact) mass is 385 g/mol. The van der Waals surface area contributed by atoms with Gasteiger partial charge in [-0.15, -0.1) is 0 Å². The van der Waals surface area contributed by atoms with Gasteiger partial charge in [0.25, 0.3) is 0 Å². The Hall–Kier alpha value is -2.44. The van der Waals surface area contributed by atoms with Crippen molar-refractivity contribution in [3.05, 3.63) is 48.0 Å². The van der Waals surface area contributed by atoms with E-state index in [-0.39, 0.29) is 0 Å². The van der Waals surface area contributed by atoms with E-state index in [9.17, 15) is 0 Å². The summed E-state index contributed by atoms with van der Waals surface area (Å²) in [5.74, 6) is 2.36. The Balaban J connectivity index is 1.57. The molecular weight excluding hydrogens is 354 g/mol. The van der Waals surface area contributed by atoms with Crippen LogP contribution in [0, 0.1) is 0 Å². The number of rotatable bonds is 9. The zero-order chi connectivity index (χ0) is 19.8. The van der Waals surface area contributed by atoms with Gasteiger partial charge in [-0.25, -0.2) is 0 Å². The first-order valence-electron chi connectivity index (χ1n) is 9.77. The number of methoxy groups -OCH3 is 2. The Morgan fingerprint density at radius 1 is 0.893 bits per heavy atom. The van der Waals surface area contributed by atoms with Gasteiger partial charge in [-0.1, -0.05) is 24.3 Å². The normalized spacial score (nSPS) is 15.2. The maximum absolute atomic E-state index is 6.08. The summed E-state index contributed by atoms with van der Waals surface area (Å²) < 4.78 is 17.0. The van der Waals surface area contributed by atoms with E-state index in [4.69, 9.17) is 14.2 Å². The second kappa shape index (κ2) is 10.2. The highest BCUT2D eigenvalue weighted by Gasteiger charge is 2.14. The van der Waals surface area contributed by atoms with E-state index in [1.807, 2.05) is 42.5 Å². The molecule has 2 aromatic carbocycles. The van der Waals surface area contributed by atoms with Crippen LogP contribution in [-0.4, -0.2) is 70.4 Å². The van der Waals surface area contributed by atoms with Crippen molar-refractivity contribution >= 4 is 5.69 Å². The molecule has 28 heavy (non-hydrogen) atoms. The Morgan fingerprint density at radius 2 is 1.64 bits per heavy atom. The number of ether oxygens (including phenoxy) is 3. The van der Waals surface area contributed by atoms with Crippen LogP contribution >= 0.6 is 0 Å². The number of hydrogen-bond acceptors (Lipinski definition) is 6. The number of likely N-dealkylation sites (N-methyl/N-ethyl adjacent to an activating group) is 1. The van der Waals surface area contributed by atoms with Crippen molar-refractivity contribution in [1.29, 1.82) is 0 Å². The van der Waals surface area contributed by atoms with Crippen LogP contribution < -0.4 is 19.5 Å². The lowest BCUT2D eigenvalue weighted by Gasteiger charge is -2.32. The molecule has 0 unspecified atom stereocenters. The van der Waals surface area contributed by atoms with Gasteiger partial charge in [-0.2, -0.15) is 0 Å². The van der Waals surface area contributed by atoms with Crippen LogP contribution in [0.5, 0.6) is 17.2 Å². The third-order valence-electron chi connectivity index (χ3n) is 5.10. The molecule has 0 atom stereocenters. The van der Waals surface area contributed by atoms with Crippen molar-refractivity contribution in [1.82, 2.24) is 9.80 Å². The van der Waals surface area contributed by atoms with Gasteiger partial charge in [-0.05, 0) is 25.2 Å². The van der Waals surface area contributed by atoms with E-state index < -0.39 is 0 Å². The molecule has 1 saturated heterocycles. The molecule has 0 aromatic heterocycles. The van der Waals surface area contributed by atoms with Gasteiger partial charge in [0.2, 0.25) is 0 Å². The Labute approximate surface area is 168 Å². The third kappa shape index (κ3) is 5.30. The van der Waals surface area contributed by atoms with E-state index in [1.54, 1.807) is 14.2 Å². The molecule has 0 radical (unpaired) electrons. The summed E-state index contributed by atoms with van der Waals surface area (Å²) in [6.45, 7) is 6.72. The zero-order valence-corrected chi connectivity index (χ0v) is 17.1. The first-order valence-corrected chi connectivity index (χ1v) is 9.77. The summed E-state index contributed by atoms with van der Waals surface area (Å²) in [5.41, 5.74) is 2.01. The fourth-order valence-corrected chi connectivity index (χ4v) is 3.38. The van der Waals surface area contributed by atoms with E-state index in [0.717, 1.165) is 61.2 Å². The average Bonchev–Trinajstić information content (AvgIpc) is 2.74. The highest BCUT2D eigenvalue weighted by molar-refractivity contribution is 5.57. The number of anilines is 1. The van der Waals surface area contributed by atoms with Gasteiger partial charge in [0, 0.05) is 44.8 Å². The zero-order valence-electron chi connectivity index (χ0n) is 17.1. The van der Waals surface area contributed by atoms with Crippen molar-refractivity contribution in [2.45, 2.75) is 6.54 Å². The number of piperazine rings is 1. The average molecular weight is 386 g/mol. The SMILES string of the molecule is COc1cccc(CNc2ccccc2OCCN2CCN(C)CC2)c1OC. The molecule has 0 aliphatic carbocycles. The molecule has 152 valence electrons. The van der Waals surface area contributed by atoms with Gasteiger partial charge in [0.05, 0.1) is 19.9 Å². The molecule has 0 bridgehead atoms. The van der Waals surface area contributed by atoms with Crippen LogP contribution in [0.2, 0.25) is 0 Å². The van der Waals surface area contributed by atoms with Crippen LogP contribution in [0.15, 0.2) is 42.5 Å². The summed E-state index contributed by atoms with van der Waals surface area (Å²) in [6.07, 6.45) is 0. The maximum Gasteiger partial charge on any atom is 0.165 e. The fraction of sp³-hybridized carbons (Fsp3) is 0.455. The molecule has 1 heterocycles. The molecule has 1 fully saturated rings. The molecule has 2 aromatic rings. The molecule has 3 rings (SSSR count). The van der Waals surface area contributed by atoms with Crippen molar-refractivity contribution in [2.24, 2.45) is 0 Å². The van der Waals surface area contributed by atoms with E-state index in [0.29, 0.717) is 13.2 Å². The topological polar surface area (TPSA) is 46.2 Å². The van der Waals surface area contributed by atoms with Crippen LogP contribution in [0.1, 0.15) is 5.56 Å². The van der Waals surface area contributed by atoms with Crippen molar-refractivity contribution < 1.29 is 14.2 Å². The lowest BCUT2D eigenvalue weighted by Crippen LogP contribution is -2.45. The standard InChI is InChI=1S/C22H31N3O3/c1-24-11-13-25(14-12-24)15-16-28-20-9-5-4-8-19(20)23-17-18-7-6-10-21(26-2)22(18)27-3/h4-10,23H,11-17H2,1-3H3. The maximum atomic E-state index is 6.08. The minimum Gasteiger partial charge on any atom is -0.493 e. The largest absolute Gasteiger partial charge is 0.493 e. The summed E-state index contributed by atoms with van der Waals surface area (Å²) >= 11 is 0. The number of benzene rings is 2. The predicted molar refractivity (Wildman–Crippen MR) is 113 cm³/mol. The molecule has 0 saturated carbocycles. The van der Waals surface area contributed by atoms with E-state index >= 15 is 0 Å². The summed E-state index contributed by atoms with van der Waals surface area (Å²) in [5, 5.41) is 3.47. The van der Waals surface area contributed by atoms with Crippen molar-refractivity contribution in [2.75, 3.05) is 65.9 Å². The number of nitrogens with zero attached hydrogens (tertiary/aromatic N) is 2. The Kier molecular flexibility index (Phi) is 7.39. The van der Waals surface area contributed by atoms with Gasteiger partial charge < -0.3 is 24.4 Å². The van der Waals surface area contributed by atoms with Crippen molar-refractivity contribution in [3.8, 4) is 17.2 Å². The molecule has 6 heteroatoms. The van der Waals surface area contributed by atoms with Gasteiger partial charge in [0.15, 0.2) is 11.5 Å². The smallest absolute Gasteiger partial charge is 0.165 e. The Bertz CT molecular complexity index is 746. The lowest BCUT2D eigenvalue weighted by molar-refractivity contribution is 0.134. The molecular formula is C22H31N3O3. The molecule has 1 N–H and O–H groups in total. The third-order valence-corrected chi connectivity index (χ3v) is 5.10. The highest BCUT2D eigenvalue weighted by Crippen LogP contribution is 2.32. The first-order chi connectivity index (χ1) is 13.7. The van der Waals surface area contributed by atoms with Gasteiger partial charge in [0.1, 0.15) is 12.4 Å². The summed E-state index contributed by atoms with van der Waals surface area (Å²) in [6, 6.07) is 14.0. The number of nitrogens with one attached hydrogen (secondary N) is 1. The van der Waals surface area contributed by atoms with Crippen molar-refractivity contribution in [3.63, 3.8) is 0 Å². The van der Waals surface area contributed by atoms with Gasteiger partial charge >= 0.3 is 0 Å². The Morgan fingerprint density at radius 3 is 2.39 bits per heavy atom. The minimum atomic E-state index is 0.624. The quantitative estimate of drug-likeness (QED) is 0.716. The highest BCUT2D eigenvalue weighted by atomic mass is 16.5. The first kappa shape index (κ1) is 20.3. The van der Waals surface area contributed by atoms with Crippen LogP contribution in [0.25, 0.3) is 0 Å². The lowest BCUT2D eigenvalue weighted by atomic mass is 10.1. The van der Waals surface area contributed by atoms with Crippen LogP contribution in [-0.2, 0) is 6.54 Å². The molecule has 1 aliphatic rings. The van der Waals surface area contributed by atoms with Crippen LogP contribution in [0.3, 0.4) is 0 Å². The second-order valence-corrected chi connectivity index (χ2v) is 7.00. The fourth-order valence-electron chi connectivity index (χ4n) is 3.38. The molecule has 1 aliphatic heterocycles. The molecule has 0 spiro atoms. The number of para-hydroxylation sites is 3. The van der Waals surface area contributed by atoms with E-state index in [1.165, 1.54) is 0 Å². The predicted octanol–water partition coefficient (Wildman–Crippen LogP) is 2.94. The molecule has 0 amide bonds. The van der Waals surface area contributed by atoms with Crippen LogP contribution in [0.4, 0.5) is 5.69 Å². The van der Waals surface area contributed by atoms with E-state index in [2.05, 4.69) is 22.2 Å². The second-order valence-electron chi connectivity index (χ2n) is 7.00. The summed E-state index contributed by atoms with van der Waals surface area (Å²) in [4.78, 5) is 4.82. The molecule has 6 nitrogen and oxygen atoms in total.